The number of rotatable bonds is 6. The first-order valence-corrected chi connectivity index (χ1v) is 8.23. The lowest BCUT2D eigenvalue weighted by atomic mass is 10.2. The maximum absolute atomic E-state index is 12.0. The minimum absolute atomic E-state index is 0.0983. The van der Waals surface area contributed by atoms with Crippen molar-refractivity contribution in [2.45, 2.75) is 12.8 Å². The number of nitrogens with one attached hydrogen (secondary N) is 2. The van der Waals surface area contributed by atoms with Crippen LogP contribution in [0.2, 0.25) is 5.02 Å². The van der Waals surface area contributed by atoms with Gasteiger partial charge in [0.05, 0.1) is 7.11 Å². The summed E-state index contributed by atoms with van der Waals surface area (Å²) in [7, 11) is 1.66. The molecule has 0 saturated carbocycles. The van der Waals surface area contributed by atoms with Crippen molar-refractivity contribution in [2.75, 3.05) is 13.7 Å². The number of fused-ring (bicyclic) bond motifs is 1. The highest BCUT2D eigenvalue weighted by Crippen LogP contribution is 2.21. The molecule has 3 aromatic rings. The van der Waals surface area contributed by atoms with Crippen LogP contribution < -0.4 is 10.1 Å². The molecule has 0 aliphatic heterocycles. The largest absolute Gasteiger partial charge is 0.497 e. The van der Waals surface area contributed by atoms with Crippen LogP contribution in [-0.2, 0) is 6.42 Å². The Balaban J connectivity index is 1.52. The lowest BCUT2D eigenvalue weighted by Crippen LogP contribution is -2.24. The predicted octanol–water partition coefficient (Wildman–Crippen LogP) is 4.19. The summed E-state index contributed by atoms with van der Waals surface area (Å²) in [6, 6.07) is 15.0. The fourth-order valence-electron chi connectivity index (χ4n) is 2.65. The van der Waals surface area contributed by atoms with Crippen LogP contribution in [0.5, 0.6) is 5.75 Å². The summed E-state index contributed by atoms with van der Waals surface area (Å²) in [5.74, 6) is 0.751. The summed E-state index contributed by atoms with van der Waals surface area (Å²) in [6.07, 6.45) is 1.73. The number of ether oxygens (including phenoxy) is 1. The normalized spacial score (nSPS) is 10.8. The standard InChI is InChI=1S/C19H19ClN2O2/c1-24-17-7-8-18-14(12-17)11-16(22-18)6-3-9-21-19(23)13-4-2-5-15(20)10-13/h2,4-5,7-8,10-12,22H,3,6,9H2,1H3,(H,21,23). The van der Waals surface area contributed by atoms with Crippen LogP contribution >= 0.6 is 11.6 Å². The summed E-state index contributed by atoms with van der Waals surface area (Å²) in [5, 5.41) is 4.61. The third-order valence-corrected chi connectivity index (χ3v) is 4.11. The molecule has 1 amide bonds. The number of aromatic amines is 1. The molecule has 0 atom stereocenters. The molecule has 1 heterocycles. The van der Waals surface area contributed by atoms with Gasteiger partial charge in [-0.2, -0.15) is 0 Å². The molecular weight excluding hydrogens is 324 g/mol. The fourth-order valence-corrected chi connectivity index (χ4v) is 2.84. The lowest BCUT2D eigenvalue weighted by molar-refractivity contribution is 0.0953. The Morgan fingerprint density at radius 3 is 2.88 bits per heavy atom. The molecule has 0 spiro atoms. The molecule has 1 aromatic heterocycles. The molecule has 2 N–H and O–H groups in total. The summed E-state index contributed by atoms with van der Waals surface area (Å²) in [6.45, 7) is 0.615. The van der Waals surface area contributed by atoms with Gasteiger partial charge in [-0.3, -0.25) is 4.79 Å². The number of methoxy groups -OCH3 is 1. The molecule has 0 aliphatic rings. The monoisotopic (exact) mass is 342 g/mol. The minimum Gasteiger partial charge on any atom is -0.497 e. The number of halogens is 1. The molecular formula is C19H19ClN2O2. The molecule has 0 fully saturated rings. The third-order valence-electron chi connectivity index (χ3n) is 3.88. The van der Waals surface area contributed by atoms with Crippen molar-refractivity contribution >= 4 is 28.4 Å². The van der Waals surface area contributed by atoms with E-state index in [-0.39, 0.29) is 5.91 Å². The molecule has 5 heteroatoms. The zero-order chi connectivity index (χ0) is 16.9. The number of aromatic nitrogens is 1. The Bertz CT molecular complexity index is 857. The van der Waals surface area contributed by atoms with Gasteiger partial charge in [-0.05, 0) is 55.3 Å². The number of carbonyl (C=O) groups is 1. The number of aryl methyl sites for hydroxylation is 1. The molecule has 24 heavy (non-hydrogen) atoms. The van der Waals surface area contributed by atoms with Crippen molar-refractivity contribution in [1.82, 2.24) is 10.3 Å². The number of hydrogen-bond donors (Lipinski definition) is 2. The molecule has 0 saturated heterocycles. The lowest BCUT2D eigenvalue weighted by Gasteiger charge is -2.05. The van der Waals surface area contributed by atoms with Gasteiger partial charge in [0.1, 0.15) is 5.75 Å². The Labute approximate surface area is 145 Å². The molecule has 0 bridgehead atoms. The number of carbonyl (C=O) groups excluding carboxylic acids is 1. The maximum Gasteiger partial charge on any atom is 0.251 e. The fraction of sp³-hybridized carbons (Fsp3) is 0.211. The smallest absolute Gasteiger partial charge is 0.251 e. The third kappa shape index (κ3) is 3.89. The molecule has 0 radical (unpaired) electrons. The summed E-state index contributed by atoms with van der Waals surface area (Å²) < 4.78 is 5.24. The Morgan fingerprint density at radius 2 is 2.08 bits per heavy atom. The Morgan fingerprint density at radius 1 is 1.21 bits per heavy atom. The first-order valence-electron chi connectivity index (χ1n) is 7.85. The Kier molecular flexibility index (Phi) is 5.06. The van der Waals surface area contributed by atoms with Gasteiger partial charge in [0, 0.05) is 33.7 Å². The first kappa shape index (κ1) is 16.4. The molecule has 2 aromatic carbocycles. The number of benzene rings is 2. The first-order chi connectivity index (χ1) is 11.7. The van der Waals surface area contributed by atoms with E-state index in [0.29, 0.717) is 17.1 Å². The second-order valence-corrected chi connectivity index (χ2v) is 6.05. The molecule has 0 unspecified atom stereocenters. The minimum atomic E-state index is -0.0983. The van der Waals surface area contributed by atoms with Gasteiger partial charge in [-0.1, -0.05) is 17.7 Å². The van der Waals surface area contributed by atoms with Crippen LogP contribution in [0.25, 0.3) is 10.9 Å². The highest BCUT2D eigenvalue weighted by Gasteiger charge is 2.06. The van der Waals surface area contributed by atoms with E-state index in [2.05, 4.69) is 16.4 Å². The van der Waals surface area contributed by atoms with Gasteiger partial charge >= 0.3 is 0 Å². The van der Waals surface area contributed by atoms with Crippen molar-refractivity contribution in [1.29, 1.82) is 0 Å². The van der Waals surface area contributed by atoms with Gasteiger partial charge in [0.25, 0.3) is 5.91 Å². The van der Waals surface area contributed by atoms with E-state index in [1.807, 2.05) is 18.2 Å². The van der Waals surface area contributed by atoms with E-state index in [0.717, 1.165) is 35.2 Å². The SMILES string of the molecule is COc1ccc2[nH]c(CCCNC(=O)c3cccc(Cl)c3)cc2c1. The van der Waals surface area contributed by atoms with Crippen molar-refractivity contribution in [3.05, 3.63) is 64.8 Å². The van der Waals surface area contributed by atoms with Gasteiger partial charge in [0.15, 0.2) is 0 Å². The van der Waals surface area contributed by atoms with E-state index in [4.69, 9.17) is 16.3 Å². The van der Waals surface area contributed by atoms with Crippen LogP contribution in [0, 0.1) is 0 Å². The van der Waals surface area contributed by atoms with Crippen molar-refractivity contribution in [3.8, 4) is 5.75 Å². The molecule has 0 aliphatic carbocycles. The van der Waals surface area contributed by atoms with E-state index in [1.165, 1.54) is 0 Å². The highest BCUT2D eigenvalue weighted by atomic mass is 35.5. The van der Waals surface area contributed by atoms with Gasteiger partial charge in [-0.25, -0.2) is 0 Å². The van der Waals surface area contributed by atoms with E-state index < -0.39 is 0 Å². The molecule has 4 nitrogen and oxygen atoms in total. The van der Waals surface area contributed by atoms with E-state index in [9.17, 15) is 4.79 Å². The molecule has 3 rings (SSSR count). The van der Waals surface area contributed by atoms with Crippen molar-refractivity contribution in [2.24, 2.45) is 0 Å². The van der Waals surface area contributed by atoms with Gasteiger partial charge < -0.3 is 15.0 Å². The molecule has 124 valence electrons. The second-order valence-electron chi connectivity index (χ2n) is 5.62. The predicted molar refractivity (Wildman–Crippen MR) is 97.0 cm³/mol. The average molecular weight is 343 g/mol. The zero-order valence-corrected chi connectivity index (χ0v) is 14.2. The van der Waals surface area contributed by atoms with Crippen molar-refractivity contribution in [3.63, 3.8) is 0 Å². The number of amides is 1. The quantitative estimate of drug-likeness (QED) is 0.660. The van der Waals surface area contributed by atoms with Crippen LogP contribution in [-0.4, -0.2) is 24.5 Å². The topological polar surface area (TPSA) is 54.1 Å². The number of hydrogen-bond acceptors (Lipinski definition) is 2. The Hall–Kier alpha value is -2.46. The van der Waals surface area contributed by atoms with Crippen LogP contribution in [0.15, 0.2) is 48.5 Å². The number of H-pyrrole nitrogens is 1. The van der Waals surface area contributed by atoms with Crippen LogP contribution in [0.4, 0.5) is 0 Å². The summed E-state index contributed by atoms with van der Waals surface area (Å²) in [5.41, 5.74) is 2.82. The van der Waals surface area contributed by atoms with E-state index >= 15 is 0 Å². The summed E-state index contributed by atoms with van der Waals surface area (Å²) in [4.78, 5) is 15.4. The summed E-state index contributed by atoms with van der Waals surface area (Å²) >= 11 is 5.90. The van der Waals surface area contributed by atoms with Crippen LogP contribution in [0.1, 0.15) is 22.5 Å². The van der Waals surface area contributed by atoms with Crippen molar-refractivity contribution < 1.29 is 9.53 Å². The second kappa shape index (κ2) is 7.41. The van der Waals surface area contributed by atoms with Gasteiger partial charge in [-0.15, -0.1) is 0 Å². The van der Waals surface area contributed by atoms with Crippen LogP contribution in [0.3, 0.4) is 0 Å². The highest BCUT2D eigenvalue weighted by molar-refractivity contribution is 6.30. The average Bonchev–Trinajstić information content (AvgIpc) is 3.00. The van der Waals surface area contributed by atoms with E-state index in [1.54, 1.807) is 31.4 Å². The van der Waals surface area contributed by atoms with Gasteiger partial charge in [0.2, 0.25) is 0 Å². The zero-order valence-electron chi connectivity index (χ0n) is 13.4. The maximum atomic E-state index is 12.0.